The summed E-state index contributed by atoms with van der Waals surface area (Å²) in [6.45, 7) is 7.34. The summed E-state index contributed by atoms with van der Waals surface area (Å²) in [5, 5.41) is 6.17. The summed E-state index contributed by atoms with van der Waals surface area (Å²) in [5.74, 6) is 0.583. The molecule has 5 nitrogen and oxygen atoms in total. The lowest BCUT2D eigenvalue weighted by Gasteiger charge is -2.39. The Bertz CT molecular complexity index is 477. The second-order valence-electron chi connectivity index (χ2n) is 6.25. The van der Waals surface area contributed by atoms with Gasteiger partial charge in [-0.15, -0.1) is 11.3 Å². The van der Waals surface area contributed by atoms with Crippen LogP contribution in [0.2, 0.25) is 0 Å². The highest BCUT2D eigenvalue weighted by Gasteiger charge is 2.43. The molecule has 6 heteroatoms. The Kier molecular flexibility index (Phi) is 4.57. The topological polar surface area (TPSA) is 54.5 Å². The summed E-state index contributed by atoms with van der Waals surface area (Å²) in [5.41, 5.74) is 0. The van der Waals surface area contributed by atoms with Gasteiger partial charge in [0, 0.05) is 43.2 Å². The molecule has 0 bridgehead atoms. The van der Waals surface area contributed by atoms with Crippen molar-refractivity contribution in [3.8, 4) is 0 Å². The Hall–Kier alpha value is -0.980. The molecule has 0 spiro atoms. The average Bonchev–Trinajstić information content (AvgIpc) is 3.07. The smallest absolute Gasteiger partial charge is 0.224 e. The van der Waals surface area contributed by atoms with Crippen LogP contribution in [-0.2, 0) is 16.1 Å². The molecule has 21 heavy (non-hydrogen) atoms. The quantitative estimate of drug-likeness (QED) is 0.916. The van der Waals surface area contributed by atoms with Crippen molar-refractivity contribution < 1.29 is 9.53 Å². The molecule has 0 unspecified atom stereocenters. The first-order valence-corrected chi connectivity index (χ1v) is 8.54. The third-order valence-electron chi connectivity index (χ3n) is 4.28. The number of ether oxygens (including phenoxy) is 1. The molecular weight excluding hydrogens is 286 g/mol. The largest absolute Gasteiger partial charge is 0.377 e. The summed E-state index contributed by atoms with van der Waals surface area (Å²) in [6, 6.07) is 0.188. The number of hydrogen-bond donors (Lipinski definition) is 1. The minimum Gasteiger partial charge on any atom is -0.377 e. The molecule has 3 rings (SSSR count). The van der Waals surface area contributed by atoms with E-state index in [9.17, 15) is 4.79 Å². The highest BCUT2D eigenvalue weighted by atomic mass is 32.1. The van der Waals surface area contributed by atoms with Gasteiger partial charge in [0.15, 0.2) is 0 Å². The molecule has 116 valence electrons. The van der Waals surface area contributed by atoms with Gasteiger partial charge in [-0.05, 0) is 20.3 Å². The summed E-state index contributed by atoms with van der Waals surface area (Å²) in [6.07, 6.45) is 3.04. The molecule has 2 aliphatic rings. The minimum absolute atomic E-state index is 0.0358. The average molecular weight is 309 g/mol. The SMILES string of the molecule is CC(C)NC(=O)[C@H]1CN(Cc2nccs2)C[C@H]2OCC[C@@H]12. The summed E-state index contributed by atoms with van der Waals surface area (Å²) in [7, 11) is 0. The molecule has 2 saturated heterocycles. The van der Waals surface area contributed by atoms with E-state index in [4.69, 9.17) is 4.74 Å². The number of amides is 1. The third-order valence-corrected chi connectivity index (χ3v) is 5.04. The summed E-state index contributed by atoms with van der Waals surface area (Å²) < 4.78 is 5.85. The normalized spacial score (nSPS) is 29.6. The molecular formula is C15H23N3O2S. The fourth-order valence-electron chi connectivity index (χ4n) is 3.38. The monoisotopic (exact) mass is 309 g/mol. The molecule has 2 aliphatic heterocycles. The first-order valence-electron chi connectivity index (χ1n) is 7.66. The van der Waals surface area contributed by atoms with E-state index in [1.165, 1.54) is 0 Å². The Balaban J connectivity index is 1.69. The Morgan fingerprint density at radius 2 is 2.43 bits per heavy atom. The Morgan fingerprint density at radius 1 is 1.57 bits per heavy atom. The molecule has 0 saturated carbocycles. The maximum absolute atomic E-state index is 12.5. The molecule has 3 heterocycles. The molecule has 1 amide bonds. The van der Waals surface area contributed by atoms with Gasteiger partial charge in [0.05, 0.1) is 18.6 Å². The molecule has 0 radical (unpaired) electrons. The van der Waals surface area contributed by atoms with Gasteiger partial charge in [0.1, 0.15) is 5.01 Å². The number of hydrogen-bond acceptors (Lipinski definition) is 5. The second-order valence-corrected chi connectivity index (χ2v) is 7.23. The van der Waals surface area contributed by atoms with E-state index in [-0.39, 0.29) is 24.0 Å². The van der Waals surface area contributed by atoms with Crippen LogP contribution in [0.3, 0.4) is 0 Å². The van der Waals surface area contributed by atoms with Crippen molar-refractivity contribution in [2.45, 2.75) is 39.0 Å². The van der Waals surface area contributed by atoms with Gasteiger partial charge in [-0.1, -0.05) is 0 Å². The Labute approximate surface area is 129 Å². The van der Waals surface area contributed by atoms with E-state index < -0.39 is 0 Å². The highest BCUT2D eigenvalue weighted by molar-refractivity contribution is 7.09. The molecule has 1 aromatic heterocycles. The van der Waals surface area contributed by atoms with Crippen molar-refractivity contribution in [3.05, 3.63) is 16.6 Å². The fourth-order valence-corrected chi connectivity index (χ4v) is 4.03. The first-order chi connectivity index (χ1) is 10.1. The lowest BCUT2D eigenvalue weighted by Crippen LogP contribution is -2.53. The Morgan fingerprint density at radius 3 is 3.14 bits per heavy atom. The zero-order chi connectivity index (χ0) is 14.8. The minimum atomic E-state index is 0.0358. The van der Waals surface area contributed by atoms with Gasteiger partial charge in [0.25, 0.3) is 0 Å². The van der Waals surface area contributed by atoms with Crippen LogP contribution in [0.1, 0.15) is 25.3 Å². The van der Waals surface area contributed by atoms with Crippen LogP contribution in [0.5, 0.6) is 0 Å². The van der Waals surface area contributed by atoms with E-state index in [1.807, 2.05) is 25.4 Å². The predicted molar refractivity (Wildman–Crippen MR) is 82.0 cm³/mol. The molecule has 1 N–H and O–H groups in total. The molecule has 0 aromatic carbocycles. The van der Waals surface area contributed by atoms with Crippen LogP contribution in [0.25, 0.3) is 0 Å². The number of carbonyl (C=O) groups is 1. The van der Waals surface area contributed by atoms with Gasteiger partial charge in [-0.2, -0.15) is 0 Å². The van der Waals surface area contributed by atoms with E-state index in [1.54, 1.807) is 11.3 Å². The van der Waals surface area contributed by atoms with Gasteiger partial charge >= 0.3 is 0 Å². The zero-order valence-electron chi connectivity index (χ0n) is 12.6. The van der Waals surface area contributed by atoms with Crippen LogP contribution in [0, 0.1) is 11.8 Å². The molecule has 2 fully saturated rings. The van der Waals surface area contributed by atoms with Crippen molar-refractivity contribution in [2.75, 3.05) is 19.7 Å². The van der Waals surface area contributed by atoms with Crippen molar-refractivity contribution >= 4 is 17.2 Å². The van der Waals surface area contributed by atoms with Crippen LogP contribution < -0.4 is 5.32 Å². The van der Waals surface area contributed by atoms with E-state index >= 15 is 0 Å². The van der Waals surface area contributed by atoms with Crippen LogP contribution in [0.4, 0.5) is 0 Å². The lowest BCUT2D eigenvalue weighted by atomic mass is 9.82. The van der Waals surface area contributed by atoms with Crippen molar-refractivity contribution in [1.82, 2.24) is 15.2 Å². The van der Waals surface area contributed by atoms with E-state index in [0.29, 0.717) is 5.92 Å². The van der Waals surface area contributed by atoms with Crippen LogP contribution in [-0.4, -0.2) is 47.6 Å². The predicted octanol–water partition coefficient (Wildman–Crippen LogP) is 1.50. The summed E-state index contributed by atoms with van der Waals surface area (Å²) >= 11 is 1.67. The number of rotatable bonds is 4. The number of nitrogens with one attached hydrogen (secondary N) is 1. The standard InChI is InChI=1S/C15H23N3O2S/c1-10(2)17-15(19)12-7-18(9-14-16-4-6-21-14)8-13-11(12)3-5-20-13/h4,6,10-13H,3,5,7-9H2,1-2H3,(H,17,19)/t11-,12-,13+/m0/s1. The molecule has 0 aliphatic carbocycles. The number of carbonyl (C=O) groups excluding carboxylic acids is 1. The summed E-state index contributed by atoms with van der Waals surface area (Å²) in [4.78, 5) is 19.2. The third kappa shape index (κ3) is 3.44. The maximum Gasteiger partial charge on any atom is 0.224 e. The van der Waals surface area contributed by atoms with E-state index in [0.717, 1.165) is 37.7 Å². The number of thiazole rings is 1. The van der Waals surface area contributed by atoms with Crippen molar-refractivity contribution in [2.24, 2.45) is 11.8 Å². The van der Waals surface area contributed by atoms with Crippen LogP contribution in [0.15, 0.2) is 11.6 Å². The highest BCUT2D eigenvalue weighted by Crippen LogP contribution is 2.34. The number of nitrogens with zero attached hydrogens (tertiary/aromatic N) is 2. The first kappa shape index (κ1) is 14.9. The zero-order valence-corrected chi connectivity index (χ0v) is 13.4. The molecule has 1 aromatic rings. The number of likely N-dealkylation sites (tertiary alicyclic amines) is 1. The van der Waals surface area contributed by atoms with Gasteiger partial charge in [-0.25, -0.2) is 4.98 Å². The maximum atomic E-state index is 12.5. The lowest BCUT2D eigenvalue weighted by molar-refractivity contribution is -0.131. The number of fused-ring (bicyclic) bond motifs is 1. The van der Waals surface area contributed by atoms with Crippen molar-refractivity contribution in [3.63, 3.8) is 0 Å². The molecule has 3 atom stereocenters. The van der Waals surface area contributed by atoms with Gasteiger partial charge < -0.3 is 10.1 Å². The van der Waals surface area contributed by atoms with Gasteiger partial charge in [-0.3, -0.25) is 9.69 Å². The van der Waals surface area contributed by atoms with E-state index in [2.05, 4.69) is 15.2 Å². The number of piperidine rings is 1. The van der Waals surface area contributed by atoms with Crippen LogP contribution >= 0.6 is 11.3 Å². The van der Waals surface area contributed by atoms with Gasteiger partial charge in [0.2, 0.25) is 5.91 Å². The van der Waals surface area contributed by atoms with Crippen molar-refractivity contribution in [1.29, 1.82) is 0 Å². The second kappa shape index (κ2) is 6.42. The number of aromatic nitrogens is 1. The fraction of sp³-hybridized carbons (Fsp3) is 0.733.